The maximum absolute atomic E-state index is 12.4. The van der Waals surface area contributed by atoms with Crippen molar-refractivity contribution in [2.75, 3.05) is 18.0 Å². The van der Waals surface area contributed by atoms with Gasteiger partial charge in [-0.15, -0.1) is 0 Å². The molecule has 0 bridgehead atoms. The third-order valence-electron chi connectivity index (χ3n) is 5.55. The number of nitrogens with one attached hydrogen (secondary N) is 1. The summed E-state index contributed by atoms with van der Waals surface area (Å²) in [5, 5.41) is 0.712. The van der Waals surface area contributed by atoms with Crippen molar-refractivity contribution in [1.82, 2.24) is 19.5 Å². The molecule has 5 rings (SSSR count). The van der Waals surface area contributed by atoms with Crippen molar-refractivity contribution in [3.63, 3.8) is 0 Å². The first kappa shape index (κ1) is 17.9. The van der Waals surface area contributed by atoms with Crippen LogP contribution in [0.4, 0.5) is 5.95 Å². The molecule has 2 aromatic heterocycles. The molecule has 1 aliphatic heterocycles. The lowest BCUT2D eigenvalue weighted by molar-refractivity contribution is 0.394. The highest BCUT2D eigenvalue weighted by Crippen LogP contribution is 2.27. The highest BCUT2D eigenvalue weighted by atomic mass is 35.5. The maximum Gasteiger partial charge on any atom is 0.326 e. The number of benzene rings is 2. The fourth-order valence-electron chi connectivity index (χ4n) is 4.04. The third kappa shape index (κ3) is 3.40. The number of H-pyrrole nitrogens is 1. The zero-order valence-electron chi connectivity index (χ0n) is 15.8. The van der Waals surface area contributed by atoms with Crippen molar-refractivity contribution < 1.29 is 0 Å². The molecule has 2 aromatic carbocycles. The van der Waals surface area contributed by atoms with E-state index < -0.39 is 0 Å². The van der Waals surface area contributed by atoms with E-state index in [-0.39, 0.29) is 11.7 Å². The molecular formula is C22H20ClN5O. The van der Waals surface area contributed by atoms with Crippen molar-refractivity contribution in [2.45, 2.75) is 18.9 Å². The molecular weight excluding hydrogens is 386 g/mol. The van der Waals surface area contributed by atoms with Gasteiger partial charge in [0.25, 0.3) is 0 Å². The van der Waals surface area contributed by atoms with Gasteiger partial charge in [0, 0.05) is 42.1 Å². The molecule has 146 valence electrons. The molecule has 0 unspecified atom stereocenters. The number of piperidine rings is 1. The largest absolute Gasteiger partial charge is 0.341 e. The number of aromatic nitrogens is 4. The van der Waals surface area contributed by atoms with Gasteiger partial charge in [0.05, 0.1) is 11.0 Å². The van der Waals surface area contributed by atoms with Gasteiger partial charge in [-0.3, -0.25) is 4.57 Å². The van der Waals surface area contributed by atoms with E-state index in [0.717, 1.165) is 54.0 Å². The summed E-state index contributed by atoms with van der Waals surface area (Å²) in [4.78, 5) is 26.7. The van der Waals surface area contributed by atoms with Crippen LogP contribution in [0.1, 0.15) is 18.9 Å². The second-order valence-corrected chi connectivity index (χ2v) is 7.75. The highest BCUT2D eigenvalue weighted by molar-refractivity contribution is 6.30. The molecule has 0 spiro atoms. The molecule has 3 heterocycles. The maximum atomic E-state index is 12.4. The number of anilines is 1. The Bertz CT molecular complexity index is 1190. The number of hydrogen-bond donors (Lipinski definition) is 1. The van der Waals surface area contributed by atoms with E-state index >= 15 is 0 Å². The SMILES string of the molecule is O=c1[nH]c2ccccc2n1C1CCN(c2ncc(-c3ccc(Cl)cc3)cn2)CC1. The minimum Gasteiger partial charge on any atom is -0.341 e. The van der Waals surface area contributed by atoms with Crippen LogP contribution in [0.5, 0.6) is 0 Å². The zero-order chi connectivity index (χ0) is 19.8. The lowest BCUT2D eigenvalue weighted by Crippen LogP contribution is -2.37. The van der Waals surface area contributed by atoms with Gasteiger partial charge in [0.15, 0.2) is 0 Å². The normalized spacial score (nSPS) is 15.1. The van der Waals surface area contributed by atoms with Gasteiger partial charge in [-0.25, -0.2) is 14.8 Å². The summed E-state index contributed by atoms with van der Waals surface area (Å²) in [5.74, 6) is 0.729. The molecule has 7 heteroatoms. The van der Waals surface area contributed by atoms with Crippen molar-refractivity contribution in [1.29, 1.82) is 0 Å². The summed E-state index contributed by atoms with van der Waals surface area (Å²) in [7, 11) is 0. The van der Waals surface area contributed by atoms with Crippen molar-refractivity contribution in [3.05, 3.63) is 76.4 Å². The Hall–Kier alpha value is -3.12. The Labute approximate surface area is 172 Å². The van der Waals surface area contributed by atoms with Crippen LogP contribution in [0, 0.1) is 0 Å². The second-order valence-electron chi connectivity index (χ2n) is 7.31. The first-order chi connectivity index (χ1) is 14.2. The predicted molar refractivity (Wildman–Crippen MR) is 116 cm³/mol. The summed E-state index contributed by atoms with van der Waals surface area (Å²) in [5.41, 5.74) is 3.83. The summed E-state index contributed by atoms with van der Waals surface area (Å²) in [6.07, 6.45) is 5.46. The average Bonchev–Trinajstić information content (AvgIpc) is 3.10. The van der Waals surface area contributed by atoms with Gasteiger partial charge in [-0.05, 0) is 42.7 Å². The molecule has 0 aliphatic carbocycles. The monoisotopic (exact) mass is 405 g/mol. The van der Waals surface area contributed by atoms with Crippen LogP contribution < -0.4 is 10.6 Å². The van der Waals surface area contributed by atoms with Gasteiger partial charge in [-0.1, -0.05) is 35.9 Å². The van der Waals surface area contributed by atoms with Crippen molar-refractivity contribution >= 4 is 28.6 Å². The minimum atomic E-state index is -0.0341. The molecule has 1 fully saturated rings. The van der Waals surface area contributed by atoms with E-state index in [1.807, 2.05) is 65.5 Å². The molecule has 0 atom stereocenters. The third-order valence-corrected chi connectivity index (χ3v) is 5.80. The van der Waals surface area contributed by atoms with Crippen LogP contribution in [-0.4, -0.2) is 32.6 Å². The number of rotatable bonds is 3. The minimum absolute atomic E-state index is 0.0341. The molecule has 0 radical (unpaired) electrons. The standard InChI is InChI=1S/C22H20ClN5O/c23-17-7-5-15(6-8-17)16-13-24-21(25-14-16)27-11-9-18(10-12-27)28-20-4-2-1-3-19(20)26-22(28)29/h1-8,13-14,18H,9-12H2,(H,26,29). The Morgan fingerprint density at radius 1 is 0.931 bits per heavy atom. The Balaban J connectivity index is 1.31. The smallest absolute Gasteiger partial charge is 0.326 e. The van der Waals surface area contributed by atoms with Crippen LogP contribution in [0.25, 0.3) is 22.2 Å². The number of hydrogen-bond acceptors (Lipinski definition) is 4. The van der Waals surface area contributed by atoms with E-state index in [0.29, 0.717) is 5.02 Å². The fraction of sp³-hybridized carbons (Fsp3) is 0.227. The number of aromatic amines is 1. The Morgan fingerprint density at radius 3 is 2.34 bits per heavy atom. The molecule has 29 heavy (non-hydrogen) atoms. The van der Waals surface area contributed by atoms with E-state index in [2.05, 4.69) is 19.9 Å². The van der Waals surface area contributed by atoms with Crippen LogP contribution >= 0.6 is 11.6 Å². The predicted octanol–water partition coefficient (Wildman–Crippen LogP) is 4.28. The van der Waals surface area contributed by atoms with E-state index in [1.165, 1.54) is 0 Å². The lowest BCUT2D eigenvalue weighted by Gasteiger charge is -2.32. The molecule has 4 aromatic rings. The zero-order valence-corrected chi connectivity index (χ0v) is 16.5. The highest BCUT2D eigenvalue weighted by Gasteiger charge is 2.24. The molecule has 1 N–H and O–H groups in total. The molecule has 1 saturated heterocycles. The number of imidazole rings is 1. The topological polar surface area (TPSA) is 66.8 Å². The van der Waals surface area contributed by atoms with Crippen molar-refractivity contribution in [2.24, 2.45) is 0 Å². The van der Waals surface area contributed by atoms with Gasteiger partial charge in [0.1, 0.15) is 0 Å². The first-order valence-electron chi connectivity index (χ1n) is 9.71. The lowest BCUT2D eigenvalue weighted by atomic mass is 10.0. The second kappa shape index (κ2) is 7.37. The van der Waals surface area contributed by atoms with Crippen molar-refractivity contribution in [3.8, 4) is 11.1 Å². The number of para-hydroxylation sites is 2. The Morgan fingerprint density at radius 2 is 1.62 bits per heavy atom. The van der Waals surface area contributed by atoms with Gasteiger partial charge < -0.3 is 9.88 Å². The van der Waals surface area contributed by atoms with E-state index in [4.69, 9.17) is 11.6 Å². The molecule has 1 aliphatic rings. The van der Waals surface area contributed by atoms with Gasteiger partial charge in [-0.2, -0.15) is 0 Å². The van der Waals surface area contributed by atoms with Crippen LogP contribution in [-0.2, 0) is 0 Å². The van der Waals surface area contributed by atoms with Gasteiger partial charge in [0.2, 0.25) is 5.95 Å². The summed E-state index contributed by atoms with van der Waals surface area (Å²) in [6, 6.07) is 15.7. The summed E-state index contributed by atoms with van der Waals surface area (Å²) in [6.45, 7) is 1.63. The van der Waals surface area contributed by atoms with Crippen LogP contribution in [0.15, 0.2) is 65.7 Å². The summed E-state index contributed by atoms with van der Waals surface area (Å²) < 4.78 is 1.90. The number of halogens is 1. The van der Waals surface area contributed by atoms with Crippen LogP contribution in [0.2, 0.25) is 5.02 Å². The number of fused-ring (bicyclic) bond motifs is 1. The molecule has 0 saturated carbocycles. The van der Waals surface area contributed by atoms with Crippen LogP contribution in [0.3, 0.4) is 0 Å². The van der Waals surface area contributed by atoms with E-state index in [9.17, 15) is 4.79 Å². The van der Waals surface area contributed by atoms with Gasteiger partial charge >= 0.3 is 5.69 Å². The summed E-state index contributed by atoms with van der Waals surface area (Å²) >= 11 is 5.96. The average molecular weight is 406 g/mol. The fourth-order valence-corrected chi connectivity index (χ4v) is 4.16. The quantitative estimate of drug-likeness (QED) is 0.552. The molecule has 6 nitrogen and oxygen atoms in total. The molecule has 0 amide bonds. The number of nitrogens with zero attached hydrogens (tertiary/aromatic N) is 4. The Kier molecular flexibility index (Phi) is 4.56. The van der Waals surface area contributed by atoms with E-state index in [1.54, 1.807) is 0 Å². The first-order valence-corrected chi connectivity index (χ1v) is 10.1.